The quantitative estimate of drug-likeness (QED) is 0.0204. The minimum atomic E-state index is -1.98. The molecule has 3 aliphatic rings. The minimum absolute atomic E-state index is 0.216. The molecule has 19 heteroatoms. The fraction of sp³-hybridized carbons (Fsp3) is 0.671. The first kappa shape index (κ1) is 79.2. The summed E-state index contributed by atoms with van der Waals surface area (Å²) in [6, 6.07) is -0.912. The number of carbonyl (C=O) groups is 1. The summed E-state index contributed by atoms with van der Waals surface area (Å²) in [5.74, 6) is -0.286. The SMILES string of the molecule is CC/C=C\C/C=C\C/C=C\C/C=C\C/C=C\C/C=C\C/C=C\C/C=C\C/C=C\C/C=C\C/C=C\CCCCCC(=O)NC(COC1OC(CO)C(OC2OC(CO)C(OC3OC(CO)C(O)C(O)C3O)C(O)C2O)C(O)C1O)C(O)CCCCCCCCC. The third-order valence-electron chi connectivity index (χ3n) is 15.5. The van der Waals surface area contributed by atoms with Gasteiger partial charge in [0.15, 0.2) is 18.9 Å². The lowest BCUT2D eigenvalue weighted by Crippen LogP contribution is -2.66. The molecule has 0 bridgehead atoms. The number of ether oxygens (including phenoxy) is 6. The molecule has 0 aromatic carbocycles. The average Bonchev–Trinajstić information content (AvgIpc) is 2.14. The summed E-state index contributed by atoms with van der Waals surface area (Å²) in [5, 5.41) is 120. The Balaban J connectivity index is 1.34. The van der Waals surface area contributed by atoms with Gasteiger partial charge in [-0.05, 0) is 96.3 Å². The summed E-state index contributed by atoms with van der Waals surface area (Å²) in [5.41, 5.74) is 0. The first-order valence-corrected chi connectivity index (χ1v) is 32.9. The Labute approximate surface area is 530 Å². The Morgan fingerprint density at radius 2 is 0.775 bits per heavy atom. The van der Waals surface area contributed by atoms with E-state index in [2.05, 4.69) is 153 Å². The number of hydrogen-bond donors (Lipinski definition) is 12. The normalized spacial score (nSPS) is 29.1. The van der Waals surface area contributed by atoms with Gasteiger partial charge in [-0.3, -0.25) is 4.79 Å². The van der Waals surface area contributed by atoms with Crippen molar-refractivity contribution in [2.75, 3.05) is 26.4 Å². The molecule has 17 atom stereocenters. The largest absolute Gasteiger partial charge is 0.394 e. The van der Waals surface area contributed by atoms with Crippen molar-refractivity contribution < 1.29 is 89.4 Å². The van der Waals surface area contributed by atoms with E-state index in [9.17, 15) is 61.0 Å². The second kappa shape index (κ2) is 50.5. The number of allylic oxidation sites excluding steroid dienone is 22. The lowest BCUT2D eigenvalue weighted by atomic mass is 9.96. The Morgan fingerprint density at radius 1 is 0.416 bits per heavy atom. The van der Waals surface area contributed by atoms with Crippen LogP contribution in [0.4, 0.5) is 0 Å². The molecule has 3 heterocycles. The van der Waals surface area contributed by atoms with Crippen molar-refractivity contribution in [3.63, 3.8) is 0 Å². The standard InChI is InChI=1S/C70H113NO18/c1-3-5-7-9-11-12-13-14-15-16-17-18-19-20-21-22-23-24-25-26-27-28-29-30-31-32-33-34-35-36-37-38-39-40-42-44-46-48-58(76)71-53(54(75)47-45-43-41-10-8-6-4-2)52-84-68-64(82)61(79)66(56(50-73)86-68)89-70-65(83)62(80)67(57(51-74)87-70)88-69-63(81)60(78)59(77)55(49-72)85-69/h5,7,11-12,14-15,17-18,20-21,23-24,26-27,29-30,32-33,35-36,38-39,53-57,59-70,72-75,77-83H,3-4,6,8-10,13,16,19,22,25,28,31,34,37,40-52H2,1-2H3,(H,71,76)/b7-5-,12-11-,15-14-,18-17-,21-20-,24-23-,27-26-,30-29-,33-32-,36-35-,39-38-. The van der Waals surface area contributed by atoms with Gasteiger partial charge in [0, 0.05) is 6.42 Å². The third-order valence-corrected chi connectivity index (χ3v) is 15.5. The Bertz CT molecular complexity index is 2130. The maximum absolute atomic E-state index is 13.3. The number of rotatable bonds is 47. The van der Waals surface area contributed by atoms with Crippen LogP contribution in [0, 0.1) is 0 Å². The number of unbranched alkanes of at least 4 members (excludes halogenated alkanes) is 9. The summed E-state index contributed by atoms with van der Waals surface area (Å²) in [7, 11) is 0. The Morgan fingerprint density at radius 3 is 1.20 bits per heavy atom. The minimum Gasteiger partial charge on any atom is -0.394 e. The molecule has 0 aliphatic carbocycles. The van der Waals surface area contributed by atoms with Gasteiger partial charge in [-0.25, -0.2) is 0 Å². The molecule has 506 valence electrons. The average molecular weight is 1260 g/mol. The van der Waals surface area contributed by atoms with E-state index in [1.54, 1.807) is 0 Å². The maximum atomic E-state index is 13.3. The van der Waals surface area contributed by atoms with Crippen molar-refractivity contribution in [1.82, 2.24) is 5.32 Å². The summed E-state index contributed by atoms with van der Waals surface area (Å²) in [6.45, 7) is 1.55. The van der Waals surface area contributed by atoms with Crippen LogP contribution in [-0.2, 0) is 33.2 Å². The summed E-state index contributed by atoms with van der Waals surface area (Å²) >= 11 is 0. The summed E-state index contributed by atoms with van der Waals surface area (Å²) in [4.78, 5) is 13.3. The summed E-state index contributed by atoms with van der Waals surface area (Å²) < 4.78 is 34.2. The molecule has 0 aromatic rings. The van der Waals surface area contributed by atoms with Gasteiger partial charge in [0.1, 0.15) is 73.2 Å². The number of carbonyl (C=O) groups excluding carboxylic acids is 1. The first-order valence-electron chi connectivity index (χ1n) is 32.9. The van der Waals surface area contributed by atoms with E-state index >= 15 is 0 Å². The van der Waals surface area contributed by atoms with Gasteiger partial charge < -0.3 is 89.9 Å². The topological polar surface area (TPSA) is 307 Å². The number of hydrogen-bond acceptors (Lipinski definition) is 18. The highest BCUT2D eigenvalue weighted by atomic mass is 16.8. The predicted molar refractivity (Wildman–Crippen MR) is 346 cm³/mol. The zero-order valence-corrected chi connectivity index (χ0v) is 53.1. The first-order chi connectivity index (χ1) is 43.3. The highest BCUT2D eigenvalue weighted by Gasteiger charge is 2.53. The molecule has 19 nitrogen and oxygen atoms in total. The molecule has 0 radical (unpaired) electrons. The van der Waals surface area contributed by atoms with Crippen molar-refractivity contribution in [3.8, 4) is 0 Å². The fourth-order valence-electron chi connectivity index (χ4n) is 10.1. The number of aliphatic hydroxyl groups excluding tert-OH is 11. The second-order valence-corrected chi connectivity index (χ2v) is 22.8. The molecular formula is C70H113NO18. The maximum Gasteiger partial charge on any atom is 0.220 e. The Hall–Kier alpha value is -4.07. The van der Waals surface area contributed by atoms with Gasteiger partial charge in [-0.15, -0.1) is 0 Å². The van der Waals surface area contributed by atoms with E-state index in [4.69, 9.17) is 28.4 Å². The third kappa shape index (κ3) is 32.9. The Kier molecular flexibility index (Phi) is 44.9. The lowest BCUT2D eigenvalue weighted by molar-refractivity contribution is -0.379. The van der Waals surface area contributed by atoms with E-state index in [1.807, 2.05) is 0 Å². The zero-order valence-electron chi connectivity index (χ0n) is 53.1. The van der Waals surface area contributed by atoms with Gasteiger partial charge in [-0.1, -0.05) is 199 Å². The molecule has 3 rings (SSSR count). The lowest BCUT2D eigenvalue weighted by Gasteiger charge is -2.48. The van der Waals surface area contributed by atoms with Crippen molar-refractivity contribution in [3.05, 3.63) is 134 Å². The smallest absolute Gasteiger partial charge is 0.220 e. The van der Waals surface area contributed by atoms with Gasteiger partial charge in [-0.2, -0.15) is 0 Å². The zero-order chi connectivity index (χ0) is 64.7. The van der Waals surface area contributed by atoms with Gasteiger partial charge in [0.05, 0.1) is 38.6 Å². The molecular weight excluding hydrogens is 1140 g/mol. The number of nitrogens with one attached hydrogen (secondary N) is 1. The molecule has 3 aliphatic heterocycles. The van der Waals surface area contributed by atoms with Crippen molar-refractivity contribution in [2.45, 2.75) is 272 Å². The van der Waals surface area contributed by atoms with E-state index in [0.29, 0.717) is 19.3 Å². The van der Waals surface area contributed by atoms with Crippen LogP contribution < -0.4 is 5.32 Å². The van der Waals surface area contributed by atoms with Gasteiger partial charge in [0.25, 0.3) is 0 Å². The molecule has 0 saturated carbocycles. The second-order valence-electron chi connectivity index (χ2n) is 22.8. The van der Waals surface area contributed by atoms with E-state index in [1.165, 1.54) is 0 Å². The van der Waals surface area contributed by atoms with Crippen LogP contribution in [0.5, 0.6) is 0 Å². The van der Waals surface area contributed by atoms with Crippen LogP contribution in [0.1, 0.15) is 168 Å². The molecule has 89 heavy (non-hydrogen) atoms. The molecule has 12 N–H and O–H groups in total. The monoisotopic (exact) mass is 1260 g/mol. The molecule has 0 aromatic heterocycles. The van der Waals surface area contributed by atoms with Crippen molar-refractivity contribution >= 4 is 5.91 Å². The van der Waals surface area contributed by atoms with Crippen LogP contribution in [0.15, 0.2) is 134 Å². The molecule has 1 amide bonds. The highest BCUT2D eigenvalue weighted by molar-refractivity contribution is 5.76. The molecule has 3 saturated heterocycles. The predicted octanol–water partition coefficient (Wildman–Crippen LogP) is 7.82. The van der Waals surface area contributed by atoms with Gasteiger partial charge >= 0.3 is 0 Å². The van der Waals surface area contributed by atoms with Crippen LogP contribution in [0.25, 0.3) is 0 Å². The van der Waals surface area contributed by atoms with E-state index in [0.717, 1.165) is 128 Å². The van der Waals surface area contributed by atoms with Crippen LogP contribution in [-0.4, -0.2) is 193 Å². The van der Waals surface area contributed by atoms with E-state index in [-0.39, 0.29) is 18.9 Å². The van der Waals surface area contributed by atoms with Crippen LogP contribution >= 0.6 is 0 Å². The van der Waals surface area contributed by atoms with Crippen LogP contribution in [0.3, 0.4) is 0 Å². The van der Waals surface area contributed by atoms with Crippen molar-refractivity contribution in [2.24, 2.45) is 0 Å². The molecule has 3 fully saturated rings. The number of amides is 1. The number of aliphatic hydroxyl groups is 11. The van der Waals surface area contributed by atoms with Gasteiger partial charge in [0.2, 0.25) is 5.91 Å². The molecule has 0 spiro atoms. The fourth-order valence-corrected chi connectivity index (χ4v) is 10.1. The van der Waals surface area contributed by atoms with Crippen molar-refractivity contribution in [1.29, 1.82) is 0 Å². The van der Waals surface area contributed by atoms with E-state index < -0.39 is 124 Å². The highest BCUT2D eigenvalue weighted by Crippen LogP contribution is 2.33. The summed E-state index contributed by atoms with van der Waals surface area (Å²) in [6.07, 6.45) is 43.1. The van der Waals surface area contributed by atoms with Crippen LogP contribution in [0.2, 0.25) is 0 Å². The molecule has 17 unspecified atom stereocenters.